The van der Waals surface area contributed by atoms with Crippen molar-refractivity contribution in [2.24, 2.45) is 4.99 Å². The number of non-ortho nitro benzene ring substituents is 1. The van der Waals surface area contributed by atoms with Gasteiger partial charge in [0, 0.05) is 29.0 Å². The molecule has 10 heteroatoms. The third-order valence-corrected chi connectivity index (χ3v) is 5.93. The standard InChI is InChI=1S/C26H18N4O5S/c1-15-20(21-13-17(30(33)34)9-12-23(21)27-15)14-22-24(31)28-26(36)29(25(22)32)16-7-10-19(11-8-16)35-18-5-3-2-4-6-18/h2-14,32H,1H3,(H,28,31,36). The summed E-state index contributed by atoms with van der Waals surface area (Å²) in [6.07, 6.45) is 1.46. The van der Waals surface area contributed by atoms with Crippen molar-refractivity contribution in [3.8, 4) is 23.1 Å². The van der Waals surface area contributed by atoms with Gasteiger partial charge in [-0.05, 0) is 67.7 Å². The molecule has 0 atom stereocenters. The maximum atomic E-state index is 12.8. The summed E-state index contributed by atoms with van der Waals surface area (Å²) in [5, 5.41) is 22.3. The Labute approximate surface area is 209 Å². The quantitative estimate of drug-likeness (QED) is 0.199. The van der Waals surface area contributed by atoms with E-state index in [9.17, 15) is 20.0 Å². The van der Waals surface area contributed by atoms with Gasteiger partial charge in [0.2, 0.25) is 5.88 Å². The van der Waals surface area contributed by atoms with E-state index in [1.54, 1.807) is 37.3 Å². The van der Waals surface area contributed by atoms with E-state index in [4.69, 9.17) is 17.0 Å². The Morgan fingerprint density at radius 1 is 1.08 bits per heavy atom. The summed E-state index contributed by atoms with van der Waals surface area (Å²) < 4.78 is 7.14. The maximum Gasteiger partial charge on any atom is 0.270 e. The number of nitro groups is 1. The van der Waals surface area contributed by atoms with Crippen molar-refractivity contribution >= 4 is 41.0 Å². The number of nitrogens with zero attached hydrogens (tertiary/aromatic N) is 3. The molecule has 0 spiro atoms. The zero-order valence-electron chi connectivity index (χ0n) is 18.8. The second-order valence-corrected chi connectivity index (χ2v) is 8.34. The van der Waals surface area contributed by atoms with Crippen molar-refractivity contribution in [1.82, 2.24) is 9.55 Å². The monoisotopic (exact) mass is 498 g/mol. The van der Waals surface area contributed by atoms with Gasteiger partial charge in [0.05, 0.1) is 16.3 Å². The zero-order valence-corrected chi connectivity index (χ0v) is 19.7. The van der Waals surface area contributed by atoms with Crippen LogP contribution in [0.1, 0.15) is 18.1 Å². The third kappa shape index (κ3) is 4.21. The number of para-hydroxylation sites is 1. The normalized spacial score (nSPS) is 13.4. The molecule has 9 nitrogen and oxygen atoms in total. The average Bonchev–Trinajstić information content (AvgIpc) is 3.17. The van der Waals surface area contributed by atoms with Gasteiger partial charge in [-0.3, -0.25) is 29.5 Å². The van der Waals surface area contributed by atoms with Crippen LogP contribution in [0.4, 0.5) is 11.4 Å². The second-order valence-electron chi connectivity index (χ2n) is 7.95. The molecule has 4 aromatic rings. The topological polar surface area (TPSA) is 123 Å². The summed E-state index contributed by atoms with van der Waals surface area (Å²) in [6, 6.07) is 20.4. The summed E-state index contributed by atoms with van der Waals surface area (Å²) in [4.78, 5) is 30.5. The molecule has 0 bridgehead atoms. The highest BCUT2D eigenvalue weighted by molar-refractivity contribution is 7.71. The van der Waals surface area contributed by atoms with E-state index in [0.29, 0.717) is 39.7 Å². The Kier molecular flexibility index (Phi) is 5.79. The highest BCUT2D eigenvalue weighted by Gasteiger charge is 2.23. The number of ether oxygens (including phenoxy) is 1. The van der Waals surface area contributed by atoms with E-state index in [0.717, 1.165) is 0 Å². The number of fused-ring (bicyclic) bond motifs is 1. The summed E-state index contributed by atoms with van der Waals surface area (Å²) in [5.74, 6) is 0.884. The van der Waals surface area contributed by atoms with Crippen molar-refractivity contribution in [1.29, 1.82) is 0 Å². The number of aromatic hydroxyl groups is 1. The largest absolute Gasteiger partial charge is 0.494 e. The van der Waals surface area contributed by atoms with Gasteiger partial charge in [0.25, 0.3) is 11.2 Å². The first-order valence-corrected chi connectivity index (χ1v) is 11.2. The first kappa shape index (κ1) is 22.9. The van der Waals surface area contributed by atoms with Crippen LogP contribution in [0.25, 0.3) is 17.3 Å². The smallest absolute Gasteiger partial charge is 0.270 e. The highest BCUT2D eigenvalue weighted by atomic mass is 32.1. The van der Waals surface area contributed by atoms with Crippen LogP contribution in [0.5, 0.6) is 17.4 Å². The molecule has 0 unspecified atom stereocenters. The van der Waals surface area contributed by atoms with Crippen LogP contribution >= 0.6 is 12.2 Å². The Morgan fingerprint density at radius 3 is 2.47 bits per heavy atom. The van der Waals surface area contributed by atoms with Crippen LogP contribution in [-0.2, 0) is 0 Å². The van der Waals surface area contributed by atoms with Gasteiger partial charge >= 0.3 is 0 Å². The number of aromatic amines is 1. The molecule has 1 aliphatic rings. The maximum absolute atomic E-state index is 12.8. The fourth-order valence-corrected chi connectivity index (χ4v) is 4.19. The molecule has 0 aliphatic carbocycles. The van der Waals surface area contributed by atoms with E-state index in [1.807, 2.05) is 30.3 Å². The SMILES string of the molecule is CC1=Nc2ccc([N+](=O)[O-])cc2C1=Cc1c(O)n(-c2ccc(Oc3ccccc3)cc2)c(=S)[nH]c1=O. The van der Waals surface area contributed by atoms with Crippen molar-refractivity contribution in [2.45, 2.75) is 6.92 Å². The molecular weight excluding hydrogens is 480 g/mol. The predicted octanol–water partition coefficient (Wildman–Crippen LogP) is 5.95. The third-order valence-electron chi connectivity index (χ3n) is 5.64. The number of hydrogen-bond acceptors (Lipinski definition) is 7. The van der Waals surface area contributed by atoms with Crippen LogP contribution in [0.3, 0.4) is 0 Å². The number of allylic oxidation sites excluding steroid dienone is 1. The van der Waals surface area contributed by atoms with Crippen molar-refractivity contribution < 1.29 is 14.8 Å². The molecule has 0 radical (unpaired) electrons. The van der Waals surface area contributed by atoms with Crippen LogP contribution in [0, 0.1) is 14.9 Å². The number of rotatable bonds is 5. The number of benzene rings is 3. The lowest BCUT2D eigenvalue weighted by Crippen LogP contribution is -2.16. The predicted molar refractivity (Wildman–Crippen MR) is 139 cm³/mol. The van der Waals surface area contributed by atoms with Crippen LogP contribution in [0.15, 0.2) is 82.6 Å². The molecule has 1 aromatic heterocycles. The molecule has 36 heavy (non-hydrogen) atoms. The molecule has 2 heterocycles. The first-order chi connectivity index (χ1) is 17.3. The minimum absolute atomic E-state index is 0.00391. The molecule has 178 valence electrons. The van der Waals surface area contributed by atoms with E-state index < -0.39 is 10.5 Å². The van der Waals surface area contributed by atoms with Gasteiger partial charge in [0.1, 0.15) is 17.1 Å². The lowest BCUT2D eigenvalue weighted by molar-refractivity contribution is -0.384. The molecule has 3 aromatic carbocycles. The first-order valence-electron chi connectivity index (χ1n) is 10.8. The van der Waals surface area contributed by atoms with E-state index >= 15 is 0 Å². The van der Waals surface area contributed by atoms with Gasteiger partial charge in [-0.15, -0.1) is 0 Å². The van der Waals surface area contributed by atoms with E-state index in [-0.39, 0.29) is 21.9 Å². The minimum Gasteiger partial charge on any atom is -0.494 e. The van der Waals surface area contributed by atoms with E-state index in [2.05, 4.69) is 9.98 Å². The fraction of sp³-hybridized carbons (Fsp3) is 0.0385. The van der Waals surface area contributed by atoms with Gasteiger partial charge in [0.15, 0.2) is 4.77 Å². The summed E-state index contributed by atoms with van der Waals surface area (Å²) in [7, 11) is 0. The molecular formula is C26H18N4O5S. The molecule has 2 N–H and O–H groups in total. The van der Waals surface area contributed by atoms with Crippen molar-refractivity contribution in [3.63, 3.8) is 0 Å². The Bertz CT molecular complexity index is 1690. The number of nitro benzene ring substituents is 1. The number of hydrogen-bond donors (Lipinski definition) is 2. The van der Waals surface area contributed by atoms with Gasteiger partial charge in [-0.2, -0.15) is 0 Å². The number of aliphatic imine (C=N–C) groups is 1. The minimum atomic E-state index is -0.600. The van der Waals surface area contributed by atoms with Gasteiger partial charge in [-0.1, -0.05) is 18.2 Å². The van der Waals surface area contributed by atoms with Crippen molar-refractivity contribution in [2.75, 3.05) is 0 Å². The van der Waals surface area contributed by atoms with Crippen LogP contribution < -0.4 is 10.3 Å². The van der Waals surface area contributed by atoms with Crippen LogP contribution in [0.2, 0.25) is 0 Å². The summed E-state index contributed by atoms with van der Waals surface area (Å²) in [5.41, 5.74) is 1.83. The van der Waals surface area contributed by atoms with Gasteiger partial charge < -0.3 is 9.84 Å². The molecule has 1 aliphatic heterocycles. The molecule has 0 saturated heterocycles. The Balaban J connectivity index is 1.56. The highest BCUT2D eigenvalue weighted by Crippen LogP contribution is 2.38. The average molecular weight is 499 g/mol. The lowest BCUT2D eigenvalue weighted by atomic mass is 10.0. The lowest BCUT2D eigenvalue weighted by Gasteiger charge is -2.13. The zero-order chi connectivity index (χ0) is 25.4. The van der Waals surface area contributed by atoms with Crippen molar-refractivity contribution in [3.05, 3.63) is 109 Å². The van der Waals surface area contributed by atoms with E-state index in [1.165, 1.54) is 22.8 Å². The summed E-state index contributed by atoms with van der Waals surface area (Å²) >= 11 is 5.32. The number of H-pyrrole nitrogens is 1. The molecule has 0 fully saturated rings. The molecule has 5 rings (SSSR count). The van der Waals surface area contributed by atoms with Gasteiger partial charge in [-0.25, -0.2) is 0 Å². The summed E-state index contributed by atoms with van der Waals surface area (Å²) in [6.45, 7) is 1.73. The Hall–Kier alpha value is -4.83. The molecule has 0 saturated carbocycles. The Morgan fingerprint density at radius 2 is 1.78 bits per heavy atom. The second kappa shape index (κ2) is 9.08. The van der Waals surface area contributed by atoms with Crippen LogP contribution in [-0.4, -0.2) is 25.3 Å². The molecule has 0 amide bonds. The fourth-order valence-electron chi connectivity index (χ4n) is 3.91. The number of nitrogens with one attached hydrogen (secondary N) is 1. The number of aromatic nitrogens is 2.